The third kappa shape index (κ3) is 6.95. The number of carbonyl (C=O) groups is 1. The second-order valence-electron chi connectivity index (χ2n) is 11.5. The summed E-state index contributed by atoms with van der Waals surface area (Å²) in [7, 11) is 0. The Morgan fingerprint density at radius 2 is 1.34 bits per heavy atom. The molecule has 0 bridgehead atoms. The molecule has 3 heterocycles. The van der Waals surface area contributed by atoms with Gasteiger partial charge in [-0.15, -0.1) is 0 Å². The quantitative estimate of drug-likeness (QED) is 0.0884. The SMILES string of the molecule is CCCCC(O)(CO)C(=O)[C@]1(CO)O[C@H](OC2[C@@H](CO)O[C@@H](OC3[C@@H](CO)O[C@@H](O)[C@H](N)[C@H]3O)[C@H](N)[C@H]2O)[C@H](N)[C@@H](O)[C@@H]1O. The first-order valence-electron chi connectivity index (χ1n) is 14.3. The maximum Gasteiger partial charge on any atom is 0.203 e. The number of hydrogen-bond donors (Lipinski definition) is 13. The molecule has 0 saturated carbocycles. The van der Waals surface area contributed by atoms with Crippen LogP contribution in [0, 0.1) is 0 Å². The van der Waals surface area contributed by atoms with Crippen molar-refractivity contribution >= 4 is 5.78 Å². The van der Waals surface area contributed by atoms with E-state index >= 15 is 0 Å². The van der Waals surface area contributed by atoms with E-state index < -0.39 is 129 Å². The highest BCUT2D eigenvalue weighted by molar-refractivity contribution is 5.96. The average molecular weight is 646 g/mol. The first-order chi connectivity index (χ1) is 20.7. The van der Waals surface area contributed by atoms with Crippen LogP contribution in [0.15, 0.2) is 0 Å². The summed E-state index contributed by atoms with van der Waals surface area (Å²) in [4.78, 5) is 13.5. The van der Waals surface area contributed by atoms with Crippen molar-refractivity contribution in [3.05, 3.63) is 0 Å². The molecular weight excluding hydrogens is 598 g/mol. The maximum absolute atomic E-state index is 13.5. The van der Waals surface area contributed by atoms with Crippen LogP contribution in [-0.2, 0) is 28.5 Å². The van der Waals surface area contributed by atoms with Gasteiger partial charge in [-0.1, -0.05) is 19.8 Å². The standard InChI is InChI=1S/C25H47N3O16/c1-2-3-4-24(39,7-31)23(38)25(8-32)19(36)16(35)13(28)22(44-25)43-18-10(6-30)41-21(12(27)15(18)34)42-17-9(5-29)40-20(37)11(26)14(17)33/h9-22,29-37,39H,2-8,26-28H2,1H3/t9-,10-,11-,12-,13-,14-,15-,16-,17?,18?,19+,20-,21+,22+,24?,25-/m1/s1. The summed E-state index contributed by atoms with van der Waals surface area (Å²) in [6.45, 7) is -2.20. The summed E-state index contributed by atoms with van der Waals surface area (Å²) < 4.78 is 27.9. The van der Waals surface area contributed by atoms with Crippen LogP contribution in [0.5, 0.6) is 0 Å². The zero-order valence-electron chi connectivity index (χ0n) is 24.2. The van der Waals surface area contributed by atoms with Gasteiger partial charge in [-0.2, -0.15) is 0 Å². The second-order valence-corrected chi connectivity index (χ2v) is 11.5. The van der Waals surface area contributed by atoms with E-state index in [0.717, 1.165) is 0 Å². The molecule has 0 aromatic carbocycles. The zero-order chi connectivity index (χ0) is 33.1. The molecule has 3 rings (SSSR count). The monoisotopic (exact) mass is 645 g/mol. The Labute approximate surface area is 252 Å². The molecule has 44 heavy (non-hydrogen) atoms. The van der Waals surface area contributed by atoms with Crippen molar-refractivity contribution in [2.45, 2.75) is 123 Å². The molecule has 3 fully saturated rings. The van der Waals surface area contributed by atoms with E-state index in [2.05, 4.69) is 0 Å². The lowest BCUT2D eigenvalue weighted by Crippen LogP contribution is -2.75. The van der Waals surface area contributed by atoms with E-state index in [1.54, 1.807) is 6.92 Å². The number of rotatable bonds is 13. The lowest BCUT2D eigenvalue weighted by atomic mass is 9.75. The van der Waals surface area contributed by atoms with Gasteiger partial charge in [0.1, 0.15) is 54.4 Å². The fourth-order valence-corrected chi connectivity index (χ4v) is 5.60. The van der Waals surface area contributed by atoms with Gasteiger partial charge in [0.2, 0.25) is 5.78 Å². The minimum Gasteiger partial charge on any atom is -0.394 e. The molecule has 3 aliphatic heterocycles. The van der Waals surface area contributed by atoms with Gasteiger partial charge < -0.3 is 92.0 Å². The van der Waals surface area contributed by atoms with E-state index in [9.17, 15) is 55.9 Å². The molecule has 16 atom stereocenters. The van der Waals surface area contributed by atoms with Crippen molar-refractivity contribution in [1.29, 1.82) is 0 Å². The first kappa shape index (κ1) is 37.4. The summed E-state index contributed by atoms with van der Waals surface area (Å²) in [6.07, 6.45) is -17.9. The fraction of sp³-hybridized carbons (Fsp3) is 0.960. The largest absolute Gasteiger partial charge is 0.394 e. The maximum atomic E-state index is 13.5. The molecule has 3 saturated heterocycles. The highest BCUT2D eigenvalue weighted by Gasteiger charge is 2.62. The molecule has 258 valence electrons. The van der Waals surface area contributed by atoms with Gasteiger partial charge in [-0.25, -0.2) is 0 Å². The van der Waals surface area contributed by atoms with Crippen molar-refractivity contribution in [1.82, 2.24) is 0 Å². The van der Waals surface area contributed by atoms with Gasteiger partial charge in [0.15, 0.2) is 24.5 Å². The van der Waals surface area contributed by atoms with Crippen LogP contribution in [0.4, 0.5) is 0 Å². The number of ketones is 1. The normalized spacial score (nSPS) is 46.4. The molecule has 3 unspecified atom stereocenters. The van der Waals surface area contributed by atoms with Gasteiger partial charge in [0, 0.05) is 0 Å². The molecule has 0 aliphatic carbocycles. The van der Waals surface area contributed by atoms with E-state index in [1.165, 1.54) is 0 Å². The van der Waals surface area contributed by atoms with Crippen LogP contribution in [0.2, 0.25) is 0 Å². The van der Waals surface area contributed by atoms with Crippen LogP contribution in [0.3, 0.4) is 0 Å². The molecule has 16 N–H and O–H groups in total. The zero-order valence-corrected chi connectivity index (χ0v) is 24.2. The van der Waals surface area contributed by atoms with Crippen molar-refractivity contribution in [3.63, 3.8) is 0 Å². The van der Waals surface area contributed by atoms with E-state index in [4.69, 9.17) is 40.9 Å². The minimum absolute atomic E-state index is 0.267. The molecule has 19 heteroatoms. The second kappa shape index (κ2) is 15.2. The van der Waals surface area contributed by atoms with Crippen LogP contribution in [0.25, 0.3) is 0 Å². The lowest BCUT2D eigenvalue weighted by molar-refractivity contribution is -0.356. The molecule has 0 radical (unpaired) electrons. The summed E-state index contributed by atoms with van der Waals surface area (Å²) >= 11 is 0. The lowest BCUT2D eigenvalue weighted by Gasteiger charge is -2.51. The Kier molecular flexibility index (Phi) is 13.0. The molecule has 0 aromatic heterocycles. The Bertz CT molecular complexity index is 936. The van der Waals surface area contributed by atoms with Crippen molar-refractivity contribution in [2.24, 2.45) is 17.2 Å². The third-order valence-electron chi connectivity index (χ3n) is 8.49. The van der Waals surface area contributed by atoms with Gasteiger partial charge in [0.05, 0.1) is 44.6 Å². The van der Waals surface area contributed by atoms with Crippen molar-refractivity contribution in [3.8, 4) is 0 Å². The number of unbranched alkanes of at least 4 members (excludes halogenated alkanes) is 1. The molecule has 0 amide bonds. The summed E-state index contributed by atoms with van der Waals surface area (Å²) in [6, 6.07) is -4.46. The predicted molar refractivity (Wildman–Crippen MR) is 143 cm³/mol. The minimum atomic E-state index is -2.74. The Balaban J connectivity index is 1.84. The van der Waals surface area contributed by atoms with Gasteiger partial charge in [0.25, 0.3) is 0 Å². The van der Waals surface area contributed by atoms with Crippen LogP contribution >= 0.6 is 0 Å². The smallest absolute Gasteiger partial charge is 0.203 e. The molecule has 19 nitrogen and oxygen atoms in total. The van der Waals surface area contributed by atoms with E-state index in [0.29, 0.717) is 6.42 Å². The van der Waals surface area contributed by atoms with Crippen molar-refractivity contribution < 1.29 is 79.5 Å². The number of aliphatic hydroxyl groups excluding tert-OH is 9. The highest BCUT2D eigenvalue weighted by Crippen LogP contribution is 2.37. The van der Waals surface area contributed by atoms with Crippen molar-refractivity contribution in [2.75, 3.05) is 26.4 Å². The summed E-state index contributed by atoms with van der Waals surface area (Å²) in [5, 5.41) is 104. The number of aliphatic hydroxyl groups is 10. The van der Waals surface area contributed by atoms with Gasteiger partial charge in [-0.3, -0.25) is 4.79 Å². The topological polar surface area (TPSA) is 344 Å². The Morgan fingerprint density at radius 1 is 0.818 bits per heavy atom. The number of nitrogens with two attached hydrogens (primary N) is 3. The molecule has 0 spiro atoms. The highest BCUT2D eigenvalue weighted by atomic mass is 16.7. The predicted octanol–water partition coefficient (Wildman–Crippen LogP) is -7.82. The molecular formula is C25H47N3O16. The third-order valence-corrected chi connectivity index (χ3v) is 8.49. The van der Waals surface area contributed by atoms with Gasteiger partial charge >= 0.3 is 0 Å². The summed E-state index contributed by atoms with van der Waals surface area (Å²) in [5.74, 6) is -1.35. The molecule has 0 aromatic rings. The number of carbonyl (C=O) groups excluding carboxylic acids is 1. The van der Waals surface area contributed by atoms with Crippen LogP contribution in [-0.4, -0.2) is 180 Å². The number of ether oxygens (including phenoxy) is 5. The summed E-state index contributed by atoms with van der Waals surface area (Å²) in [5.41, 5.74) is 12.6. The fourth-order valence-electron chi connectivity index (χ4n) is 5.60. The van der Waals surface area contributed by atoms with Gasteiger partial charge in [-0.05, 0) is 6.42 Å². The van der Waals surface area contributed by atoms with Crippen LogP contribution < -0.4 is 17.2 Å². The molecule has 3 aliphatic rings. The Morgan fingerprint density at radius 3 is 1.86 bits per heavy atom. The average Bonchev–Trinajstić information content (AvgIpc) is 3.02. The first-order valence-corrected chi connectivity index (χ1v) is 14.3. The van der Waals surface area contributed by atoms with E-state index in [1.807, 2.05) is 0 Å². The number of hydrogen-bond acceptors (Lipinski definition) is 19. The van der Waals surface area contributed by atoms with E-state index in [-0.39, 0.29) is 12.8 Å². The number of Topliss-reactive ketones (excluding diaryl/α,β-unsaturated/α-hetero) is 1. The van der Waals surface area contributed by atoms with Crippen LogP contribution in [0.1, 0.15) is 26.2 Å². The Hall–Kier alpha value is -1.05.